The summed E-state index contributed by atoms with van der Waals surface area (Å²) in [4.78, 5) is 8.87. The highest BCUT2D eigenvalue weighted by atomic mass is 35.5. The van der Waals surface area contributed by atoms with Crippen molar-refractivity contribution in [2.45, 2.75) is 25.0 Å². The van der Waals surface area contributed by atoms with Gasteiger partial charge in [-0.3, -0.25) is 0 Å². The van der Waals surface area contributed by atoms with Crippen LogP contribution in [0.3, 0.4) is 0 Å². The number of alkyl halides is 2. The third kappa shape index (κ3) is 5.78. The van der Waals surface area contributed by atoms with E-state index in [0.717, 1.165) is 56.7 Å². The Morgan fingerprint density at radius 1 is 1.20 bits per heavy atom. The van der Waals surface area contributed by atoms with Crippen LogP contribution in [0.5, 0.6) is 5.75 Å². The van der Waals surface area contributed by atoms with Crippen molar-refractivity contribution in [2.24, 2.45) is 0 Å². The minimum absolute atomic E-state index is 0.0339. The number of rotatable bonds is 8. The molecule has 0 unspecified atom stereocenters. The van der Waals surface area contributed by atoms with Gasteiger partial charge in [0.1, 0.15) is 11.6 Å². The van der Waals surface area contributed by atoms with Crippen LogP contribution in [0.2, 0.25) is 5.02 Å². The fraction of sp³-hybridized carbons (Fsp3) is 0.421. The molecule has 2 heterocycles. The van der Waals surface area contributed by atoms with Crippen molar-refractivity contribution in [1.82, 2.24) is 14.6 Å². The number of aromatic nitrogens is 1. The first-order valence-corrected chi connectivity index (χ1v) is 11.3. The number of hydrogen-bond donors (Lipinski definition) is 1. The van der Waals surface area contributed by atoms with Gasteiger partial charge in [0.15, 0.2) is 0 Å². The number of sulfonamides is 1. The highest BCUT2D eigenvalue weighted by Crippen LogP contribution is 2.28. The van der Waals surface area contributed by atoms with Gasteiger partial charge >= 0.3 is 6.61 Å². The second-order valence-electron chi connectivity index (χ2n) is 6.74. The zero-order chi connectivity index (χ0) is 21.7. The summed E-state index contributed by atoms with van der Waals surface area (Å²) in [6.07, 6.45) is 1.64. The van der Waals surface area contributed by atoms with Gasteiger partial charge < -0.3 is 14.5 Å². The van der Waals surface area contributed by atoms with Crippen LogP contribution in [-0.2, 0) is 16.6 Å². The van der Waals surface area contributed by atoms with Crippen LogP contribution in [-0.4, -0.2) is 57.6 Å². The summed E-state index contributed by atoms with van der Waals surface area (Å²) in [5.74, 6) is 0.573. The average Bonchev–Trinajstić information content (AvgIpc) is 2.74. The standard InChI is InChI=1S/C19H23ClF2N4O3S/c1-2-25-7-9-26(10-8-25)18-6-3-14(12-23-18)13-24-30(27,28)15-4-5-17(16(20)11-15)29-19(21)22/h3-6,11-12,19,24H,2,7-10,13H2,1H3. The number of halogens is 3. The molecule has 0 atom stereocenters. The van der Waals surface area contributed by atoms with Crippen molar-refractivity contribution in [3.8, 4) is 5.75 Å². The minimum atomic E-state index is -3.89. The van der Waals surface area contributed by atoms with E-state index in [2.05, 4.69) is 31.2 Å². The smallest absolute Gasteiger partial charge is 0.387 e. The molecule has 2 aromatic rings. The topological polar surface area (TPSA) is 74.8 Å². The molecule has 1 saturated heterocycles. The number of nitrogens with zero attached hydrogens (tertiary/aromatic N) is 3. The van der Waals surface area contributed by atoms with E-state index in [0.29, 0.717) is 5.56 Å². The molecule has 1 aromatic carbocycles. The Morgan fingerprint density at radius 3 is 2.50 bits per heavy atom. The molecule has 0 aliphatic carbocycles. The lowest BCUT2D eigenvalue weighted by atomic mass is 10.2. The van der Waals surface area contributed by atoms with Gasteiger partial charge in [0, 0.05) is 38.9 Å². The third-order valence-electron chi connectivity index (χ3n) is 4.85. The average molecular weight is 461 g/mol. The molecule has 0 amide bonds. The van der Waals surface area contributed by atoms with Gasteiger partial charge in [-0.15, -0.1) is 0 Å². The zero-order valence-electron chi connectivity index (χ0n) is 16.4. The van der Waals surface area contributed by atoms with Crippen molar-refractivity contribution < 1.29 is 21.9 Å². The molecule has 30 heavy (non-hydrogen) atoms. The summed E-state index contributed by atoms with van der Waals surface area (Å²) in [6.45, 7) is 3.95. The maximum absolute atomic E-state index is 12.5. The van der Waals surface area contributed by atoms with Crippen molar-refractivity contribution >= 4 is 27.4 Å². The van der Waals surface area contributed by atoms with Gasteiger partial charge in [-0.1, -0.05) is 24.6 Å². The lowest BCUT2D eigenvalue weighted by Gasteiger charge is -2.34. The molecule has 3 rings (SSSR count). The molecule has 11 heteroatoms. The summed E-state index contributed by atoms with van der Waals surface area (Å²) in [7, 11) is -3.89. The largest absolute Gasteiger partial charge is 0.433 e. The van der Waals surface area contributed by atoms with Gasteiger partial charge in [0.05, 0.1) is 9.92 Å². The Morgan fingerprint density at radius 2 is 1.93 bits per heavy atom. The van der Waals surface area contributed by atoms with Crippen LogP contribution in [0, 0.1) is 0 Å². The molecule has 1 aliphatic rings. The molecule has 1 aliphatic heterocycles. The second kappa shape index (κ2) is 9.86. The van der Waals surface area contributed by atoms with Crippen molar-refractivity contribution in [3.63, 3.8) is 0 Å². The van der Waals surface area contributed by atoms with Crippen LogP contribution in [0.4, 0.5) is 14.6 Å². The fourth-order valence-corrected chi connectivity index (χ4v) is 4.44. The number of benzene rings is 1. The predicted molar refractivity (Wildman–Crippen MR) is 111 cm³/mol. The van der Waals surface area contributed by atoms with Crippen LogP contribution in [0.1, 0.15) is 12.5 Å². The maximum Gasteiger partial charge on any atom is 0.387 e. The van der Waals surface area contributed by atoms with E-state index in [1.807, 2.05) is 12.1 Å². The van der Waals surface area contributed by atoms with E-state index in [1.165, 1.54) is 0 Å². The lowest BCUT2D eigenvalue weighted by molar-refractivity contribution is -0.0498. The highest BCUT2D eigenvalue weighted by Gasteiger charge is 2.19. The molecule has 0 radical (unpaired) electrons. The van der Waals surface area contributed by atoms with E-state index in [1.54, 1.807) is 6.20 Å². The van der Waals surface area contributed by atoms with E-state index in [4.69, 9.17) is 11.6 Å². The third-order valence-corrected chi connectivity index (χ3v) is 6.54. The van der Waals surface area contributed by atoms with E-state index in [-0.39, 0.29) is 22.2 Å². The highest BCUT2D eigenvalue weighted by molar-refractivity contribution is 7.89. The van der Waals surface area contributed by atoms with E-state index < -0.39 is 16.6 Å². The molecule has 0 saturated carbocycles. The van der Waals surface area contributed by atoms with Gasteiger partial charge in [-0.2, -0.15) is 8.78 Å². The molecular formula is C19H23ClF2N4O3S. The first kappa shape index (κ1) is 22.7. The molecule has 164 valence electrons. The normalized spacial score (nSPS) is 15.6. The van der Waals surface area contributed by atoms with Crippen LogP contribution < -0.4 is 14.4 Å². The SMILES string of the molecule is CCN1CCN(c2ccc(CNS(=O)(=O)c3ccc(OC(F)F)c(Cl)c3)cn2)CC1. The Labute approximate surface area is 179 Å². The first-order valence-electron chi connectivity index (χ1n) is 9.44. The molecule has 0 bridgehead atoms. The molecule has 7 nitrogen and oxygen atoms in total. The maximum atomic E-state index is 12.5. The van der Waals surface area contributed by atoms with Crippen LogP contribution in [0.25, 0.3) is 0 Å². The number of likely N-dealkylation sites (N-methyl/N-ethyl adjacent to an activating group) is 1. The number of anilines is 1. The Hall–Kier alpha value is -2.01. The lowest BCUT2D eigenvalue weighted by Crippen LogP contribution is -2.46. The molecule has 0 spiro atoms. The summed E-state index contributed by atoms with van der Waals surface area (Å²) < 4.78 is 56.2. The molecule has 1 aromatic heterocycles. The number of piperazine rings is 1. The first-order chi connectivity index (χ1) is 14.3. The van der Waals surface area contributed by atoms with Crippen molar-refractivity contribution in [3.05, 3.63) is 47.1 Å². The van der Waals surface area contributed by atoms with Crippen molar-refractivity contribution in [2.75, 3.05) is 37.6 Å². The second-order valence-corrected chi connectivity index (χ2v) is 8.92. The van der Waals surface area contributed by atoms with Crippen LogP contribution >= 0.6 is 11.6 Å². The number of ether oxygens (including phenoxy) is 1. The summed E-state index contributed by atoms with van der Waals surface area (Å²) >= 11 is 5.84. The Balaban J connectivity index is 1.60. The molecule has 1 N–H and O–H groups in total. The minimum Gasteiger partial charge on any atom is -0.433 e. The number of pyridine rings is 1. The monoisotopic (exact) mass is 460 g/mol. The quantitative estimate of drug-likeness (QED) is 0.653. The predicted octanol–water partition coefficient (Wildman–Crippen LogP) is 2.96. The summed E-state index contributed by atoms with van der Waals surface area (Å²) in [6, 6.07) is 7.02. The number of hydrogen-bond acceptors (Lipinski definition) is 6. The van der Waals surface area contributed by atoms with Gasteiger partial charge in [0.25, 0.3) is 0 Å². The number of nitrogens with one attached hydrogen (secondary N) is 1. The van der Waals surface area contributed by atoms with Gasteiger partial charge in [-0.05, 0) is 36.4 Å². The van der Waals surface area contributed by atoms with Gasteiger partial charge in [0.2, 0.25) is 10.0 Å². The zero-order valence-corrected chi connectivity index (χ0v) is 18.0. The van der Waals surface area contributed by atoms with E-state index >= 15 is 0 Å². The van der Waals surface area contributed by atoms with E-state index in [9.17, 15) is 17.2 Å². The Bertz CT molecular complexity index is 953. The van der Waals surface area contributed by atoms with Crippen molar-refractivity contribution in [1.29, 1.82) is 0 Å². The van der Waals surface area contributed by atoms with Crippen LogP contribution in [0.15, 0.2) is 41.4 Å². The molecule has 1 fully saturated rings. The fourth-order valence-electron chi connectivity index (χ4n) is 3.10. The Kier molecular flexibility index (Phi) is 7.45. The summed E-state index contributed by atoms with van der Waals surface area (Å²) in [5.41, 5.74) is 0.693. The summed E-state index contributed by atoms with van der Waals surface area (Å²) in [5, 5.41) is -0.215. The molecular weight excluding hydrogens is 438 g/mol. The van der Waals surface area contributed by atoms with Gasteiger partial charge in [-0.25, -0.2) is 18.1 Å².